The first-order valence-corrected chi connectivity index (χ1v) is 4.81. The first kappa shape index (κ1) is 7.60. The molecule has 1 nitrogen and oxygen atoms in total. The number of carbonyl (C=O) groups is 1. The molecule has 0 unspecified atom stereocenters. The van der Waals surface area contributed by atoms with Crippen molar-refractivity contribution in [1.82, 2.24) is 0 Å². The zero-order chi connectivity index (χ0) is 7.90. The van der Waals surface area contributed by atoms with E-state index >= 15 is 0 Å². The maximum Gasteiger partial charge on any atom is 0.227 e. The van der Waals surface area contributed by atoms with E-state index in [2.05, 4.69) is 0 Å². The molecule has 0 amide bonds. The summed E-state index contributed by atoms with van der Waals surface area (Å²) in [6.07, 6.45) is 6.87. The average molecular weight is 173 g/mol. The van der Waals surface area contributed by atoms with Gasteiger partial charge in [0.1, 0.15) is 0 Å². The molecule has 0 aliphatic heterocycles. The summed E-state index contributed by atoms with van der Waals surface area (Å²) < 4.78 is 0. The second-order valence-corrected chi connectivity index (χ2v) is 4.38. The molecule has 3 rings (SSSR count). The van der Waals surface area contributed by atoms with E-state index in [0.29, 0.717) is 0 Å². The summed E-state index contributed by atoms with van der Waals surface area (Å²) in [7, 11) is 0. The van der Waals surface area contributed by atoms with Crippen LogP contribution in [0.2, 0.25) is 0 Å². The number of fused-ring (bicyclic) bond motifs is 3. The smallest absolute Gasteiger partial charge is 0.227 e. The molecule has 3 aliphatic carbocycles. The average Bonchev–Trinajstić information content (AvgIpc) is 2.08. The van der Waals surface area contributed by atoms with Gasteiger partial charge in [0.15, 0.2) is 0 Å². The van der Waals surface area contributed by atoms with Crippen LogP contribution in [0.25, 0.3) is 0 Å². The Morgan fingerprint density at radius 1 is 1.18 bits per heavy atom. The van der Waals surface area contributed by atoms with Gasteiger partial charge < -0.3 is 0 Å². The summed E-state index contributed by atoms with van der Waals surface area (Å²) in [6, 6.07) is 0. The lowest BCUT2D eigenvalue weighted by atomic mass is 9.61. The largest absolute Gasteiger partial charge is 0.281 e. The molecule has 62 valence electrons. The van der Waals surface area contributed by atoms with Gasteiger partial charge in [-0.1, -0.05) is 0 Å². The second-order valence-electron chi connectivity index (χ2n) is 4.04. The highest BCUT2D eigenvalue weighted by Crippen LogP contribution is 2.51. The zero-order valence-corrected chi connectivity index (χ0v) is 7.36. The van der Waals surface area contributed by atoms with Crippen LogP contribution in [0.1, 0.15) is 38.5 Å². The molecule has 3 aliphatic rings. The highest BCUT2D eigenvalue weighted by Gasteiger charge is 2.44. The zero-order valence-electron chi connectivity index (χ0n) is 6.61. The van der Waals surface area contributed by atoms with Gasteiger partial charge in [-0.3, -0.25) is 4.79 Å². The Morgan fingerprint density at radius 2 is 1.64 bits per heavy atom. The Balaban J connectivity index is 2.18. The predicted molar refractivity (Wildman–Crippen MR) is 44.5 cm³/mol. The van der Waals surface area contributed by atoms with Crippen molar-refractivity contribution < 1.29 is 4.79 Å². The minimum atomic E-state index is -0.0870. The van der Waals surface area contributed by atoms with E-state index in [1.165, 1.54) is 19.3 Å². The summed E-state index contributed by atoms with van der Waals surface area (Å²) >= 11 is 5.60. The third kappa shape index (κ3) is 1.10. The van der Waals surface area contributed by atoms with Gasteiger partial charge >= 0.3 is 0 Å². The van der Waals surface area contributed by atoms with Gasteiger partial charge in [0.25, 0.3) is 0 Å². The third-order valence-corrected chi connectivity index (χ3v) is 3.91. The summed E-state index contributed by atoms with van der Waals surface area (Å²) in [5.74, 6) is 0.910. The fourth-order valence-corrected chi connectivity index (χ4v) is 2.83. The van der Waals surface area contributed by atoms with Gasteiger partial charge in [-0.2, -0.15) is 0 Å². The van der Waals surface area contributed by atoms with Gasteiger partial charge in [-0.15, -0.1) is 0 Å². The van der Waals surface area contributed by atoms with Crippen LogP contribution in [0.3, 0.4) is 0 Å². The molecular weight excluding hydrogens is 160 g/mol. The monoisotopic (exact) mass is 172 g/mol. The van der Waals surface area contributed by atoms with E-state index in [4.69, 9.17) is 11.6 Å². The van der Waals surface area contributed by atoms with Crippen molar-refractivity contribution >= 4 is 16.8 Å². The highest BCUT2D eigenvalue weighted by atomic mass is 35.5. The Kier molecular flexibility index (Phi) is 1.71. The molecule has 0 aromatic heterocycles. The molecule has 3 fully saturated rings. The van der Waals surface area contributed by atoms with Gasteiger partial charge in [-0.05, 0) is 56.0 Å². The number of halogens is 1. The number of rotatable bonds is 1. The number of hydrogen-bond donors (Lipinski definition) is 0. The Hall–Kier alpha value is -0.0400. The van der Waals surface area contributed by atoms with E-state index in [1.807, 2.05) is 0 Å². The summed E-state index contributed by atoms with van der Waals surface area (Å²) in [6.45, 7) is 0. The highest BCUT2D eigenvalue weighted by molar-refractivity contribution is 6.64. The third-order valence-electron chi connectivity index (χ3n) is 3.51. The molecule has 0 saturated heterocycles. The van der Waals surface area contributed by atoms with Crippen LogP contribution in [0, 0.1) is 11.3 Å². The van der Waals surface area contributed by atoms with Crippen LogP contribution in [0.5, 0.6) is 0 Å². The molecule has 0 heterocycles. The van der Waals surface area contributed by atoms with Crippen LogP contribution in [0.4, 0.5) is 0 Å². The summed E-state index contributed by atoms with van der Waals surface area (Å²) in [5, 5.41) is -0.0735. The molecule has 2 heteroatoms. The molecule has 0 aromatic rings. The molecule has 0 radical (unpaired) electrons. The predicted octanol–water partition coefficient (Wildman–Crippen LogP) is 2.72. The lowest BCUT2D eigenvalue weighted by Gasteiger charge is -2.43. The van der Waals surface area contributed by atoms with Crippen LogP contribution in [0.15, 0.2) is 0 Å². The Labute approximate surface area is 72.1 Å². The number of hydrogen-bond acceptors (Lipinski definition) is 1. The number of carbonyl (C=O) groups excluding carboxylic acids is 1. The standard InChI is InChI=1S/C9H13ClO/c10-8(11)9-4-1-7(2-5-9)3-6-9/h7H,1-6H2. The Bertz CT molecular complexity index is 166. The van der Waals surface area contributed by atoms with Crippen molar-refractivity contribution in [3.8, 4) is 0 Å². The first-order valence-electron chi connectivity index (χ1n) is 4.43. The van der Waals surface area contributed by atoms with Crippen LogP contribution >= 0.6 is 11.6 Å². The summed E-state index contributed by atoms with van der Waals surface area (Å²) in [4.78, 5) is 11.1. The lowest BCUT2D eigenvalue weighted by Crippen LogP contribution is -2.38. The fourth-order valence-electron chi connectivity index (χ4n) is 2.54. The van der Waals surface area contributed by atoms with Crippen molar-refractivity contribution in [2.45, 2.75) is 38.5 Å². The molecular formula is C9H13ClO. The molecule has 0 aromatic carbocycles. The van der Waals surface area contributed by atoms with Crippen molar-refractivity contribution in [2.75, 3.05) is 0 Å². The molecule has 3 saturated carbocycles. The topological polar surface area (TPSA) is 17.1 Å². The SMILES string of the molecule is O=C(Cl)C12CCC(CC1)CC2. The van der Waals surface area contributed by atoms with Crippen LogP contribution in [-0.4, -0.2) is 5.24 Å². The van der Waals surface area contributed by atoms with E-state index in [9.17, 15) is 4.79 Å². The molecule has 0 N–H and O–H groups in total. The molecule has 0 spiro atoms. The van der Waals surface area contributed by atoms with Crippen LogP contribution < -0.4 is 0 Å². The minimum absolute atomic E-state index is 0.0735. The molecule has 11 heavy (non-hydrogen) atoms. The molecule has 2 bridgehead atoms. The fraction of sp³-hybridized carbons (Fsp3) is 0.889. The quantitative estimate of drug-likeness (QED) is 0.556. The first-order chi connectivity index (χ1) is 5.23. The maximum absolute atomic E-state index is 11.1. The van der Waals surface area contributed by atoms with E-state index in [-0.39, 0.29) is 10.7 Å². The van der Waals surface area contributed by atoms with Crippen molar-refractivity contribution in [2.24, 2.45) is 11.3 Å². The van der Waals surface area contributed by atoms with Crippen molar-refractivity contribution in [1.29, 1.82) is 0 Å². The van der Waals surface area contributed by atoms with Crippen molar-refractivity contribution in [3.05, 3.63) is 0 Å². The normalized spacial score (nSPS) is 42.5. The summed E-state index contributed by atoms with van der Waals surface area (Å²) in [5.41, 5.74) is -0.0870. The van der Waals surface area contributed by atoms with Gasteiger partial charge in [0.05, 0.1) is 0 Å². The van der Waals surface area contributed by atoms with E-state index < -0.39 is 0 Å². The minimum Gasteiger partial charge on any atom is -0.281 e. The van der Waals surface area contributed by atoms with Crippen molar-refractivity contribution in [3.63, 3.8) is 0 Å². The van der Waals surface area contributed by atoms with Crippen LogP contribution in [-0.2, 0) is 4.79 Å². The van der Waals surface area contributed by atoms with Gasteiger partial charge in [0, 0.05) is 5.41 Å². The second kappa shape index (κ2) is 2.48. The lowest BCUT2D eigenvalue weighted by molar-refractivity contribution is -0.125. The Morgan fingerprint density at radius 3 is 1.91 bits per heavy atom. The molecule has 0 atom stereocenters. The van der Waals surface area contributed by atoms with E-state index in [0.717, 1.165) is 25.2 Å². The van der Waals surface area contributed by atoms with Gasteiger partial charge in [0.2, 0.25) is 5.24 Å². The maximum atomic E-state index is 11.1. The van der Waals surface area contributed by atoms with Gasteiger partial charge in [-0.25, -0.2) is 0 Å². The van der Waals surface area contributed by atoms with E-state index in [1.54, 1.807) is 0 Å².